The molecule has 42 heavy (non-hydrogen) atoms. The molecule has 2 aromatic carbocycles. The van der Waals surface area contributed by atoms with Gasteiger partial charge in [-0.05, 0) is 57.0 Å². The molecule has 0 spiro atoms. The second-order valence-corrected chi connectivity index (χ2v) is 11.0. The Morgan fingerprint density at radius 3 is 2.40 bits per heavy atom. The molecular weight excluding hydrogens is 552 g/mol. The van der Waals surface area contributed by atoms with E-state index >= 15 is 0 Å². The monoisotopic (exact) mass is 584 g/mol. The van der Waals surface area contributed by atoms with E-state index in [-0.39, 0.29) is 18.1 Å². The van der Waals surface area contributed by atoms with Crippen LogP contribution in [0.2, 0.25) is 0 Å². The zero-order valence-corrected chi connectivity index (χ0v) is 24.8. The Morgan fingerprint density at radius 2 is 1.71 bits per heavy atom. The third kappa shape index (κ3) is 5.92. The fourth-order valence-electron chi connectivity index (χ4n) is 4.73. The Labute approximate surface area is 247 Å². The summed E-state index contributed by atoms with van der Waals surface area (Å²) in [4.78, 5) is 44.2. The molecule has 0 unspecified atom stereocenters. The maximum atomic E-state index is 13.8. The highest BCUT2D eigenvalue weighted by atomic mass is 32.1. The number of benzene rings is 2. The molecule has 2 aromatic heterocycles. The predicted molar refractivity (Wildman–Crippen MR) is 161 cm³/mol. The molecule has 1 aliphatic heterocycles. The largest absolute Gasteiger partial charge is 0.463 e. The van der Waals surface area contributed by atoms with Crippen molar-refractivity contribution in [3.63, 3.8) is 0 Å². The Kier molecular flexibility index (Phi) is 8.68. The maximum absolute atomic E-state index is 13.8. The lowest BCUT2D eigenvalue weighted by Crippen LogP contribution is -2.39. The highest BCUT2D eigenvalue weighted by Gasteiger charge is 2.33. The molecular formula is C33H32N2O6S. The second-order valence-electron chi connectivity index (χ2n) is 9.98. The van der Waals surface area contributed by atoms with Crippen LogP contribution in [0.5, 0.6) is 0 Å². The molecule has 0 saturated carbocycles. The van der Waals surface area contributed by atoms with E-state index in [1.54, 1.807) is 54.8 Å². The molecule has 3 heterocycles. The zero-order valence-electron chi connectivity index (χ0n) is 24.0. The summed E-state index contributed by atoms with van der Waals surface area (Å²) < 4.78 is 18.7. The highest BCUT2D eigenvalue weighted by molar-refractivity contribution is 7.07. The maximum Gasteiger partial charge on any atom is 0.338 e. The van der Waals surface area contributed by atoms with Crippen molar-refractivity contribution in [2.45, 2.75) is 46.6 Å². The predicted octanol–water partition coefficient (Wildman–Crippen LogP) is 5.32. The van der Waals surface area contributed by atoms with Crippen molar-refractivity contribution >= 4 is 29.4 Å². The van der Waals surface area contributed by atoms with Crippen LogP contribution in [0.15, 0.2) is 86.1 Å². The van der Waals surface area contributed by atoms with Gasteiger partial charge in [0.2, 0.25) is 0 Å². The first-order valence-corrected chi connectivity index (χ1v) is 14.8. The number of allylic oxidation sites excluding steroid dienone is 1. The fourth-order valence-corrected chi connectivity index (χ4v) is 5.76. The van der Waals surface area contributed by atoms with Crippen molar-refractivity contribution in [2.24, 2.45) is 4.99 Å². The van der Waals surface area contributed by atoms with Gasteiger partial charge >= 0.3 is 11.9 Å². The lowest BCUT2D eigenvalue weighted by molar-refractivity contribution is -0.139. The number of aryl methyl sites for hydroxylation is 1. The number of furan rings is 1. The van der Waals surface area contributed by atoms with Crippen molar-refractivity contribution in [1.29, 1.82) is 0 Å². The quantitative estimate of drug-likeness (QED) is 0.195. The molecule has 0 saturated heterocycles. The first kappa shape index (κ1) is 29.0. The van der Waals surface area contributed by atoms with E-state index in [2.05, 4.69) is 4.99 Å². The van der Waals surface area contributed by atoms with Gasteiger partial charge in [-0.15, -0.1) is 0 Å². The van der Waals surface area contributed by atoms with Gasteiger partial charge in [-0.3, -0.25) is 9.36 Å². The molecule has 216 valence electrons. The molecule has 0 aliphatic carbocycles. The lowest BCUT2D eigenvalue weighted by Gasteiger charge is -2.24. The summed E-state index contributed by atoms with van der Waals surface area (Å²) in [6.45, 7) is 8.15. The van der Waals surface area contributed by atoms with Crippen LogP contribution >= 0.6 is 11.3 Å². The van der Waals surface area contributed by atoms with E-state index in [1.165, 1.54) is 11.3 Å². The van der Waals surface area contributed by atoms with Gasteiger partial charge in [0, 0.05) is 11.6 Å². The van der Waals surface area contributed by atoms with Crippen molar-refractivity contribution < 1.29 is 23.5 Å². The zero-order chi connectivity index (χ0) is 29.8. The molecule has 9 heteroatoms. The average Bonchev–Trinajstić information content (AvgIpc) is 3.57. The number of ether oxygens (including phenoxy) is 2. The van der Waals surface area contributed by atoms with E-state index < -0.39 is 12.0 Å². The summed E-state index contributed by atoms with van der Waals surface area (Å²) in [5.74, 6) is 0.245. The summed E-state index contributed by atoms with van der Waals surface area (Å²) >= 11 is 1.24. The fraction of sp³-hybridized carbons (Fsp3) is 0.273. The Bertz CT molecular complexity index is 1820. The standard InChI is InChI=1S/C33H32N2O6S/c1-5-7-18-40-31(37)24-14-12-22(13-15-24)26-17-16-25(41-26)19-27-30(36)35-29(23-10-8-20(3)9-11-23)28(32(38)39-6-2)21(4)34-33(35)42-27/h8-17,19,29H,5-7,18H2,1-4H3/b27-19-/t29-/m1/s1. The van der Waals surface area contributed by atoms with Gasteiger partial charge in [-0.2, -0.15) is 0 Å². The van der Waals surface area contributed by atoms with Gasteiger partial charge in [-0.1, -0.05) is 66.6 Å². The summed E-state index contributed by atoms with van der Waals surface area (Å²) in [6, 6.07) is 17.7. The molecule has 8 nitrogen and oxygen atoms in total. The van der Waals surface area contributed by atoms with Crippen LogP contribution in [0.4, 0.5) is 0 Å². The molecule has 1 aliphatic rings. The van der Waals surface area contributed by atoms with Crippen LogP contribution in [-0.4, -0.2) is 29.7 Å². The first-order chi connectivity index (χ1) is 20.3. The highest BCUT2D eigenvalue weighted by Crippen LogP contribution is 2.31. The first-order valence-electron chi connectivity index (χ1n) is 13.9. The minimum atomic E-state index is -0.664. The molecule has 4 aromatic rings. The number of fused-ring (bicyclic) bond motifs is 1. The smallest absolute Gasteiger partial charge is 0.338 e. The second kappa shape index (κ2) is 12.6. The number of esters is 2. The number of unbranched alkanes of at least 4 members (excludes halogenated alkanes) is 1. The summed E-state index contributed by atoms with van der Waals surface area (Å²) in [6.07, 6.45) is 3.47. The van der Waals surface area contributed by atoms with Crippen LogP contribution < -0.4 is 14.9 Å². The molecule has 0 radical (unpaired) electrons. The van der Waals surface area contributed by atoms with E-state index in [9.17, 15) is 14.4 Å². The molecule has 5 rings (SSSR count). The van der Waals surface area contributed by atoms with Gasteiger partial charge < -0.3 is 13.9 Å². The number of aromatic nitrogens is 1. The Morgan fingerprint density at radius 1 is 0.976 bits per heavy atom. The third-order valence-electron chi connectivity index (χ3n) is 6.95. The normalized spacial score (nSPS) is 14.9. The number of hydrogen-bond acceptors (Lipinski definition) is 8. The minimum absolute atomic E-state index is 0.216. The van der Waals surface area contributed by atoms with Crippen molar-refractivity contribution in [3.05, 3.63) is 114 Å². The van der Waals surface area contributed by atoms with Crippen LogP contribution in [0.1, 0.15) is 66.9 Å². The van der Waals surface area contributed by atoms with E-state index in [0.29, 0.717) is 44.3 Å². The number of carbonyl (C=O) groups excluding carboxylic acids is 2. The minimum Gasteiger partial charge on any atom is -0.463 e. The van der Waals surface area contributed by atoms with Gasteiger partial charge in [0.25, 0.3) is 5.56 Å². The van der Waals surface area contributed by atoms with Crippen molar-refractivity contribution in [2.75, 3.05) is 13.2 Å². The average molecular weight is 585 g/mol. The van der Waals surface area contributed by atoms with Crippen LogP contribution in [-0.2, 0) is 14.3 Å². The van der Waals surface area contributed by atoms with Crippen LogP contribution in [0, 0.1) is 6.92 Å². The lowest BCUT2D eigenvalue weighted by atomic mass is 9.95. The molecule has 0 N–H and O–H groups in total. The van der Waals surface area contributed by atoms with Crippen molar-refractivity contribution in [3.8, 4) is 11.3 Å². The molecule has 0 bridgehead atoms. The number of thiazole rings is 1. The van der Waals surface area contributed by atoms with E-state index in [4.69, 9.17) is 13.9 Å². The van der Waals surface area contributed by atoms with Crippen LogP contribution in [0.25, 0.3) is 17.4 Å². The summed E-state index contributed by atoms with van der Waals surface area (Å²) in [7, 11) is 0. The SMILES string of the molecule is CCCCOC(=O)c1ccc(-c2ccc(/C=c3\sc4n(c3=O)[C@H](c3ccc(C)cc3)C(C(=O)OCC)=C(C)N=4)o2)cc1. The third-order valence-corrected chi connectivity index (χ3v) is 7.93. The summed E-state index contributed by atoms with van der Waals surface area (Å²) in [5, 5.41) is 0. The number of nitrogens with zero attached hydrogens (tertiary/aromatic N) is 2. The van der Waals surface area contributed by atoms with Gasteiger partial charge in [0.1, 0.15) is 11.5 Å². The Balaban J connectivity index is 1.48. The number of carbonyl (C=O) groups is 2. The molecule has 0 amide bonds. The van der Waals surface area contributed by atoms with Gasteiger partial charge in [0.15, 0.2) is 4.80 Å². The number of hydrogen-bond donors (Lipinski definition) is 0. The summed E-state index contributed by atoms with van der Waals surface area (Å²) in [5.41, 5.74) is 3.71. The Hall–Kier alpha value is -4.50. The van der Waals surface area contributed by atoms with Gasteiger partial charge in [-0.25, -0.2) is 14.6 Å². The van der Waals surface area contributed by atoms with E-state index in [0.717, 1.165) is 29.5 Å². The topological polar surface area (TPSA) is 100 Å². The number of rotatable bonds is 9. The van der Waals surface area contributed by atoms with E-state index in [1.807, 2.05) is 44.2 Å². The van der Waals surface area contributed by atoms with Crippen LogP contribution in [0.3, 0.4) is 0 Å². The molecule has 0 fully saturated rings. The van der Waals surface area contributed by atoms with Gasteiger partial charge in [0.05, 0.1) is 40.6 Å². The van der Waals surface area contributed by atoms with Crippen molar-refractivity contribution in [1.82, 2.24) is 4.57 Å². The molecule has 1 atom stereocenters.